The summed E-state index contributed by atoms with van der Waals surface area (Å²) in [7, 11) is 0. The van der Waals surface area contributed by atoms with Crippen LogP contribution in [0.2, 0.25) is 0 Å². The number of para-hydroxylation sites is 1. The van der Waals surface area contributed by atoms with Gasteiger partial charge < -0.3 is 14.2 Å². The minimum atomic E-state index is -0.493. The van der Waals surface area contributed by atoms with Crippen molar-refractivity contribution >= 4 is 17.9 Å². The Kier molecular flexibility index (Phi) is 5.49. The second-order valence-electron chi connectivity index (χ2n) is 5.43. The van der Waals surface area contributed by atoms with E-state index in [9.17, 15) is 4.79 Å². The molecule has 0 N–H and O–H groups in total. The lowest BCUT2D eigenvalue weighted by atomic mass is 10.1. The van der Waals surface area contributed by atoms with E-state index in [2.05, 4.69) is 11.6 Å². The number of hydrogen-bond acceptors (Lipinski definition) is 5. The SMILES string of the molecule is C=CCOc1ccccc1/C=C1\N=C(c2ccc(OCC)cc2)OC1=O. The Morgan fingerprint density at radius 2 is 1.88 bits per heavy atom. The number of benzene rings is 2. The zero-order valence-corrected chi connectivity index (χ0v) is 14.5. The van der Waals surface area contributed by atoms with Crippen LogP contribution in [-0.2, 0) is 9.53 Å². The van der Waals surface area contributed by atoms with Crippen molar-refractivity contribution in [2.24, 2.45) is 4.99 Å². The van der Waals surface area contributed by atoms with Gasteiger partial charge in [0.05, 0.1) is 6.61 Å². The van der Waals surface area contributed by atoms with Crippen LogP contribution in [-0.4, -0.2) is 25.1 Å². The fourth-order valence-corrected chi connectivity index (χ4v) is 2.42. The van der Waals surface area contributed by atoms with E-state index in [1.165, 1.54) is 0 Å². The molecule has 0 spiro atoms. The molecule has 5 nitrogen and oxygen atoms in total. The molecule has 0 fully saturated rings. The van der Waals surface area contributed by atoms with Crippen molar-refractivity contribution < 1.29 is 19.0 Å². The summed E-state index contributed by atoms with van der Waals surface area (Å²) in [5, 5.41) is 0. The molecule has 132 valence electrons. The van der Waals surface area contributed by atoms with Gasteiger partial charge in [-0.05, 0) is 43.3 Å². The summed E-state index contributed by atoms with van der Waals surface area (Å²) in [5.41, 5.74) is 1.68. The van der Waals surface area contributed by atoms with Gasteiger partial charge in [0.25, 0.3) is 0 Å². The van der Waals surface area contributed by atoms with E-state index in [1.54, 1.807) is 24.3 Å². The highest BCUT2D eigenvalue weighted by atomic mass is 16.6. The first-order valence-corrected chi connectivity index (χ1v) is 8.29. The summed E-state index contributed by atoms with van der Waals surface area (Å²) < 4.78 is 16.3. The number of nitrogens with zero attached hydrogens (tertiary/aromatic N) is 1. The van der Waals surface area contributed by atoms with Crippen molar-refractivity contribution in [2.75, 3.05) is 13.2 Å². The molecule has 26 heavy (non-hydrogen) atoms. The summed E-state index contributed by atoms with van der Waals surface area (Å²) in [5.74, 6) is 1.18. The molecule has 0 atom stereocenters. The summed E-state index contributed by atoms with van der Waals surface area (Å²) in [6.45, 7) is 6.53. The third-order valence-electron chi connectivity index (χ3n) is 3.60. The molecule has 5 heteroatoms. The third-order valence-corrected chi connectivity index (χ3v) is 3.60. The van der Waals surface area contributed by atoms with Crippen LogP contribution in [0.4, 0.5) is 0 Å². The van der Waals surface area contributed by atoms with Crippen molar-refractivity contribution in [1.29, 1.82) is 0 Å². The van der Waals surface area contributed by atoms with Gasteiger partial charge in [0, 0.05) is 11.1 Å². The molecule has 0 aliphatic carbocycles. The van der Waals surface area contributed by atoms with Gasteiger partial charge in [-0.2, -0.15) is 0 Å². The van der Waals surface area contributed by atoms with Gasteiger partial charge >= 0.3 is 5.97 Å². The van der Waals surface area contributed by atoms with Crippen LogP contribution in [0, 0.1) is 0 Å². The lowest BCUT2D eigenvalue weighted by molar-refractivity contribution is -0.129. The van der Waals surface area contributed by atoms with Gasteiger partial charge in [-0.15, -0.1) is 0 Å². The smallest absolute Gasteiger partial charge is 0.363 e. The van der Waals surface area contributed by atoms with E-state index in [4.69, 9.17) is 14.2 Å². The lowest BCUT2D eigenvalue weighted by Gasteiger charge is -2.06. The fourth-order valence-electron chi connectivity index (χ4n) is 2.42. The number of ether oxygens (including phenoxy) is 3. The zero-order valence-electron chi connectivity index (χ0n) is 14.5. The summed E-state index contributed by atoms with van der Waals surface area (Å²) >= 11 is 0. The molecule has 0 aromatic heterocycles. The van der Waals surface area contributed by atoms with E-state index >= 15 is 0 Å². The first kappa shape index (κ1) is 17.5. The molecule has 3 rings (SSSR count). The molecule has 1 heterocycles. The normalized spacial score (nSPS) is 14.7. The van der Waals surface area contributed by atoms with Gasteiger partial charge in [0.15, 0.2) is 5.70 Å². The van der Waals surface area contributed by atoms with Gasteiger partial charge in [0.1, 0.15) is 18.1 Å². The number of cyclic esters (lactones) is 1. The molecule has 2 aromatic carbocycles. The average molecular weight is 349 g/mol. The van der Waals surface area contributed by atoms with Crippen LogP contribution in [0.3, 0.4) is 0 Å². The Hall–Kier alpha value is -3.34. The Bertz CT molecular complexity index is 866. The number of esters is 1. The van der Waals surface area contributed by atoms with Gasteiger partial charge in [0.2, 0.25) is 5.90 Å². The summed E-state index contributed by atoms with van der Waals surface area (Å²) in [6.07, 6.45) is 3.32. The molecule has 0 saturated carbocycles. The maximum absolute atomic E-state index is 12.2. The number of carbonyl (C=O) groups is 1. The largest absolute Gasteiger partial charge is 0.494 e. The van der Waals surface area contributed by atoms with Gasteiger partial charge in [-0.25, -0.2) is 9.79 Å². The maximum Gasteiger partial charge on any atom is 0.363 e. The fraction of sp³-hybridized carbons (Fsp3) is 0.143. The van der Waals surface area contributed by atoms with E-state index in [1.807, 2.05) is 43.3 Å². The van der Waals surface area contributed by atoms with Crippen LogP contribution in [0.5, 0.6) is 11.5 Å². The topological polar surface area (TPSA) is 57.1 Å². The van der Waals surface area contributed by atoms with E-state index in [0.29, 0.717) is 24.5 Å². The highest BCUT2D eigenvalue weighted by molar-refractivity contribution is 6.13. The van der Waals surface area contributed by atoms with E-state index in [-0.39, 0.29) is 11.6 Å². The van der Waals surface area contributed by atoms with Crippen molar-refractivity contribution in [3.63, 3.8) is 0 Å². The quantitative estimate of drug-likeness (QED) is 0.431. The Morgan fingerprint density at radius 3 is 2.62 bits per heavy atom. The molecule has 0 unspecified atom stereocenters. The van der Waals surface area contributed by atoms with Crippen molar-refractivity contribution in [2.45, 2.75) is 6.92 Å². The predicted octanol–water partition coefficient (Wildman–Crippen LogP) is 3.99. The Labute approximate surface area is 152 Å². The first-order chi connectivity index (χ1) is 12.7. The maximum atomic E-state index is 12.2. The van der Waals surface area contributed by atoms with Crippen LogP contribution in [0.1, 0.15) is 18.1 Å². The number of carbonyl (C=O) groups excluding carboxylic acids is 1. The molecule has 0 radical (unpaired) electrons. The second kappa shape index (κ2) is 8.16. The highest BCUT2D eigenvalue weighted by Gasteiger charge is 2.24. The molecule has 1 aliphatic rings. The van der Waals surface area contributed by atoms with Gasteiger partial charge in [-0.3, -0.25) is 0 Å². The van der Waals surface area contributed by atoms with Crippen LogP contribution in [0.15, 0.2) is 71.9 Å². The lowest BCUT2D eigenvalue weighted by Crippen LogP contribution is -2.05. The van der Waals surface area contributed by atoms with Crippen LogP contribution < -0.4 is 9.47 Å². The molecular weight excluding hydrogens is 330 g/mol. The van der Waals surface area contributed by atoms with Crippen molar-refractivity contribution in [3.8, 4) is 11.5 Å². The molecular formula is C21H19NO4. The van der Waals surface area contributed by atoms with E-state index in [0.717, 1.165) is 11.3 Å². The monoisotopic (exact) mass is 349 g/mol. The standard InChI is InChI=1S/C21H19NO4/c1-3-13-25-19-8-6-5-7-16(19)14-18-21(23)26-20(22-18)15-9-11-17(12-10-15)24-4-2/h3,5-12,14H,1,4,13H2,2H3/b18-14-. The van der Waals surface area contributed by atoms with Crippen LogP contribution >= 0.6 is 0 Å². The number of hydrogen-bond donors (Lipinski definition) is 0. The number of aliphatic imine (C=N–C) groups is 1. The highest BCUT2D eigenvalue weighted by Crippen LogP contribution is 2.25. The molecule has 1 aliphatic heterocycles. The van der Waals surface area contributed by atoms with Crippen molar-refractivity contribution in [1.82, 2.24) is 0 Å². The minimum absolute atomic E-state index is 0.225. The summed E-state index contributed by atoms with van der Waals surface area (Å²) in [6, 6.07) is 14.6. The first-order valence-electron chi connectivity index (χ1n) is 8.29. The predicted molar refractivity (Wildman–Crippen MR) is 100 cm³/mol. The molecule has 0 saturated heterocycles. The minimum Gasteiger partial charge on any atom is -0.494 e. The Balaban J connectivity index is 1.86. The average Bonchev–Trinajstić information content (AvgIpc) is 3.02. The van der Waals surface area contributed by atoms with E-state index < -0.39 is 5.97 Å². The Morgan fingerprint density at radius 1 is 1.12 bits per heavy atom. The third kappa shape index (κ3) is 4.00. The molecule has 2 aromatic rings. The summed E-state index contributed by atoms with van der Waals surface area (Å²) in [4.78, 5) is 16.5. The number of rotatable bonds is 7. The van der Waals surface area contributed by atoms with Gasteiger partial charge in [-0.1, -0.05) is 30.9 Å². The zero-order chi connectivity index (χ0) is 18.4. The van der Waals surface area contributed by atoms with Crippen molar-refractivity contribution in [3.05, 3.63) is 78.0 Å². The van der Waals surface area contributed by atoms with Crippen LogP contribution in [0.25, 0.3) is 6.08 Å². The molecule has 0 amide bonds. The molecule has 0 bridgehead atoms. The second-order valence-corrected chi connectivity index (χ2v) is 5.43.